The molecule has 0 spiro atoms. The summed E-state index contributed by atoms with van der Waals surface area (Å²) in [7, 11) is 0. The maximum absolute atomic E-state index is 12.3. The zero-order valence-electron chi connectivity index (χ0n) is 16.7. The van der Waals surface area contributed by atoms with Crippen molar-refractivity contribution in [1.82, 2.24) is 0 Å². The van der Waals surface area contributed by atoms with E-state index in [4.69, 9.17) is 14.6 Å². The second-order valence-electron chi connectivity index (χ2n) is 6.03. The molecule has 0 saturated carbocycles. The lowest BCUT2D eigenvalue weighted by Gasteiger charge is -2.08. The van der Waals surface area contributed by atoms with E-state index in [-0.39, 0.29) is 16.5 Å². The van der Waals surface area contributed by atoms with Gasteiger partial charge < -0.3 is 14.6 Å². The van der Waals surface area contributed by atoms with Crippen LogP contribution in [0.4, 0.5) is 13.2 Å². The normalized spacial score (nSPS) is 12.1. The molecule has 30 heavy (non-hydrogen) atoms. The van der Waals surface area contributed by atoms with E-state index in [1.54, 1.807) is 6.92 Å². The number of benzene rings is 2. The van der Waals surface area contributed by atoms with Gasteiger partial charge in [-0.15, -0.1) is 0 Å². The van der Waals surface area contributed by atoms with Crippen LogP contribution in [0.25, 0.3) is 0 Å². The molecular formula is C22H24BrF3O4. The lowest BCUT2D eigenvalue weighted by atomic mass is 10.2. The number of ether oxygens (including phenoxy) is 2. The van der Waals surface area contributed by atoms with Gasteiger partial charge in [0, 0.05) is 10.9 Å². The molecule has 0 bridgehead atoms. The van der Waals surface area contributed by atoms with E-state index in [0.29, 0.717) is 18.1 Å². The van der Waals surface area contributed by atoms with Crippen molar-refractivity contribution in [2.45, 2.75) is 37.7 Å². The van der Waals surface area contributed by atoms with Crippen LogP contribution in [0.3, 0.4) is 0 Å². The quantitative estimate of drug-likeness (QED) is 0.262. The summed E-state index contributed by atoms with van der Waals surface area (Å²) in [5.74, 6) is 0.564. The van der Waals surface area contributed by atoms with Crippen molar-refractivity contribution in [2.24, 2.45) is 0 Å². The van der Waals surface area contributed by atoms with Gasteiger partial charge in [0.1, 0.15) is 17.2 Å². The molecule has 164 valence electrons. The average molecular weight is 489 g/mol. The predicted octanol–water partition coefficient (Wildman–Crippen LogP) is 6.87. The van der Waals surface area contributed by atoms with Gasteiger partial charge in [0.25, 0.3) is 0 Å². The predicted molar refractivity (Wildman–Crippen MR) is 113 cm³/mol. The van der Waals surface area contributed by atoms with E-state index in [1.165, 1.54) is 42.5 Å². The molecule has 0 aliphatic carbocycles. The minimum Gasteiger partial charge on any atom is -0.508 e. The van der Waals surface area contributed by atoms with Gasteiger partial charge in [0.2, 0.25) is 0 Å². The molecule has 1 N–H and O–H groups in total. The monoisotopic (exact) mass is 488 g/mol. The van der Waals surface area contributed by atoms with Gasteiger partial charge in [-0.2, -0.15) is 13.2 Å². The molecular weight excluding hydrogens is 465 g/mol. The Balaban J connectivity index is 0.000000329. The summed E-state index contributed by atoms with van der Waals surface area (Å²) in [6.07, 6.45) is 1.08. The highest BCUT2D eigenvalue weighted by Crippen LogP contribution is 2.31. The Hall–Kier alpha value is -2.48. The SMILES string of the molecule is CCCC(Br)C=CC(=O)OCC.Oc1ccc(Oc2ccc(C(F)(F)F)cc2)cc1. The van der Waals surface area contributed by atoms with E-state index in [0.717, 1.165) is 25.0 Å². The van der Waals surface area contributed by atoms with Crippen LogP contribution in [-0.2, 0) is 15.7 Å². The fraction of sp³-hybridized carbons (Fsp3) is 0.318. The molecule has 0 aromatic heterocycles. The van der Waals surface area contributed by atoms with Gasteiger partial charge in [-0.3, -0.25) is 0 Å². The van der Waals surface area contributed by atoms with Crippen LogP contribution in [0.2, 0.25) is 0 Å². The Labute approximate surface area is 182 Å². The molecule has 0 fully saturated rings. The molecule has 0 heterocycles. The summed E-state index contributed by atoms with van der Waals surface area (Å²) in [5, 5.41) is 9.07. The van der Waals surface area contributed by atoms with E-state index >= 15 is 0 Å². The number of alkyl halides is 4. The number of allylic oxidation sites excluding steroid dienone is 1. The van der Waals surface area contributed by atoms with Gasteiger partial charge in [0.05, 0.1) is 12.2 Å². The Morgan fingerprint density at radius 3 is 2.07 bits per heavy atom. The lowest BCUT2D eigenvalue weighted by Crippen LogP contribution is -2.03. The van der Waals surface area contributed by atoms with Gasteiger partial charge in [-0.25, -0.2) is 4.79 Å². The standard InChI is InChI=1S/C13H9F3O2.C9H15BrO2/c14-13(15,16)9-1-5-11(6-2-9)18-12-7-3-10(17)4-8-12;1-3-5-8(10)6-7-9(11)12-4-2/h1-8,17H;6-8H,3-5H2,1-2H3. The average Bonchev–Trinajstić information content (AvgIpc) is 2.69. The Kier molecular flexibility index (Phi) is 11.0. The molecule has 0 amide bonds. The van der Waals surface area contributed by atoms with E-state index in [1.807, 2.05) is 6.08 Å². The van der Waals surface area contributed by atoms with Gasteiger partial charge in [-0.05, 0) is 61.9 Å². The zero-order valence-corrected chi connectivity index (χ0v) is 18.2. The van der Waals surface area contributed by atoms with Crippen molar-refractivity contribution in [3.63, 3.8) is 0 Å². The molecule has 4 nitrogen and oxygen atoms in total. The molecule has 0 radical (unpaired) electrons. The number of halogens is 4. The minimum absolute atomic E-state index is 0.0924. The van der Waals surface area contributed by atoms with E-state index in [2.05, 4.69) is 22.9 Å². The number of hydrogen-bond donors (Lipinski definition) is 1. The minimum atomic E-state index is -4.35. The molecule has 2 aromatic rings. The zero-order chi connectivity index (χ0) is 22.6. The van der Waals surface area contributed by atoms with Crippen LogP contribution in [0.15, 0.2) is 60.7 Å². The molecule has 0 aliphatic heterocycles. The fourth-order valence-corrected chi connectivity index (χ4v) is 2.72. The first-order valence-corrected chi connectivity index (χ1v) is 10.2. The van der Waals surface area contributed by atoms with E-state index in [9.17, 15) is 18.0 Å². The van der Waals surface area contributed by atoms with E-state index < -0.39 is 11.7 Å². The lowest BCUT2D eigenvalue weighted by molar-refractivity contribution is -0.138. The molecule has 2 aromatic carbocycles. The van der Waals surface area contributed by atoms with Crippen LogP contribution in [0.5, 0.6) is 17.2 Å². The number of carbonyl (C=O) groups excluding carboxylic acids is 1. The van der Waals surface area contributed by atoms with Crippen LogP contribution >= 0.6 is 15.9 Å². The Bertz CT molecular complexity index is 788. The van der Waals surface area contributed by atoms with Crippen molar-refractivity contribution >= 4 is 21.9 Å². The Morgan fingerprint density at radius 1 is 1.07 bits per heavy atom. The van der Waals surface area contributed by atoms with Gasteiger partial charge in [-0.1, -0.05) is 35.4 Å². The molecule has 8 heteroatoms. The number of phenolic OH excluding ortho intramolecular Hbond substituents is 1. The maximum Gasteiger partial charge on any atom is 0.416 e. The van der Waals surface area contributed by atoms with Crippen LogP contribution in [-0.4, -0.2) is 22.5 Å². The van der Waals surface area contributed by atoms with Gasteiger partial charge in [0.15, 0.2) is 0 Å². The Morgan fingerprint density at radius 2 is 1.60 bits per heavy atom. The summed E-state index contributed by atoms with van der Waals surface area (Å²) in [6.45, 7) is 4.33. The number of phenols is 1. The van der Waals surface area contributed by atoms with Gasteiger partial charge >= 0.3 is 12.1 Å². The van der Waals surface area contributed by atoms with Crippen molar-refractivity contribution in [3.05, 3.63) is 66.2 Å². The van der Waals surface area contributed by atoms with Crippen LogP contribution < -0.4 is 4.74 Å². The number of esters is 1. The smallest absolute Gasteiger partial charge is 0.416 e. The van der Waals surface area contributed by atoms with Crippen LogP contribution in [0, 0.1) is 0 Å². The first-order chi connectivity index (χ1) is 14.2. The molecule has 1 unspecified atom stereocenters. The first kappa shape index (κ1) is 25.6. The second kappa shape index (κ2) is 13.0. The summed E-state index contributed by atoms with van der Waals surface area (Å²) >= 11 is 3.42. The third-order valence-electron chi connectivity index (χ3n) is 3.55. The third kappa shape index (κ3) is 10.3. The van der Waals surface area contributed by atoms with Crippen molar-refractivity contribution in [1.29, 1.82) is 0 Å². The van der Waals surface area contributed by atoms with Crippen molar-refractivity contribution in [2.75, 3.05) is 6.61 Å². The third-order valence-corrected chi connectivity index (χ3v) is 4.31. The molecule has 1 atom stereocenters. The summed E-state index contributed by atoms with van der Waals surface area (Å²) in [4.78, 5) is 11.1. The molecule has 0 saturated heterocycles. The number of hydrogen-bond acceptors (Lipinski definition) is 4. The van der Waals surface area contributed by atoms with Crippen LogP contribution in [0.1, 0.15) is 32.3 Å². The highest BCUT2D eigenvalue weighted by Gasteiger charge is 2.30. The fourth-order valence-electron chi connectivity index (χ4n) is 2.11. The molecule has 0 aliphatic rings. The summed E-state index contributed by atoms with van der Waals surface area (Å²) < 4.78 is 47.0. The summed E-state index contributed by atoms with van der Waals surface area (Å²) in [6, 6.07) is 10.3. The number of rotatable bonds is 7. The second-order valence-corrected chi connectivity index (χ2v) is 7.21. The maximum atomic E-state index is 12.3. The highest BCUT2D eigenvalue weighted by molar-refractivity contribution is 9.09. The highest BCUT2D eigenvalue weighted by atomic mass is 79.9. The number of aromatic hydroxyl groups is 1. The van der Waals surface area contributed by atoms with Crippen molar-refractivity contribution < 1.29 is 32.5 Å². The topological polar surface area (TPSA) is 55.8 Å². The first-order valence-electron chi connectivity index (χ1n) is 9.28. The van der Waals surface area contributed by atoms with Crippen molar-refractivity contribution in [3.8, 4) is 17.2 Å². The number of carbonyl (C=O) groups is 1. The largest absolute Gasteiger partial charge is 0.508 e. The molecule has 2 rings (SSSR count). The summed E-state index contributed by atoms with van der Waals surface area (Å²) in [5.41, 5.74) is -0.722.